The lowest BCUT2D eigenvalue weighted by Gasteiger charge is -2.18. The standard InChI is InChI=1S/C22H35N5O2/c1-7-23-22(25-16(2)14-21-17(3)26-27(5)18(21)4)24-12-9-13-29-20-11-8-10-19(15-20)28-6/h8,10-11,15-16H,7,9,12-14H2,1-6H3,(H2,23,24,25). The molecule has 1 aromatic heterocycles. The fraction of sp³-hybridized carbons (Fsp3) is 0.545. The minimum atomic E-state index is 0.252. The Hall–Kier alpha value is -2.70. The summed E-state index contributed by atoms with van der Waals surface area (Å²) in [4.78, 5) is 4.68. The maximum Gasteiger partial charge on any atom is 0.191 e. The lowest BCUT2D eigenvalue weighted by Crippen LogP contribution is -2.43. The van der Waals surface area contributed by atoms with Gasteiger partial charge in [0, 0.05) is 44.4 Å². The van der Waals surface area contributed by atoms with E-state index >= 15 is 0 Å². The first-order valence-corrected chi connectivity index (χ1v) is 10.2. The molecule has 7 nitrogen and oxygen atoms in total. The Morgan fingerprint density at radius 2 is 2.03 bits per heavy atom. The van der Waals surface area contributed by atoms with Crippen LogP contribution >= 0.6 is 0 Å². The van der Waals surface area contributed by atoms with Crippen molar-refractivity contribution in [3.05, 3.63) is 41.2 Å². The first-order chi connectivity index (χ1) is 13.9. The van der Waals surface area contributed by atoms with Crippen LogP contribution in [0.1, 0.15) is 37.2 Å². The predicted molar refractivity (Wildman–Crippen MR) is 118 cm³/mol. The van der Waals surface area contributed by atoms with Crippen LogP contribution in [0.3, 0.4) is 0 Å². The molecule has 2 aromatic rings. The van der Waals surface area contributed by atoms with Gasteiger partial charge in [0.25, 0.3) is 0 Å². The fourth-order valence-electron chi connectivity index (χ4n) is 3.16. The monoisotopic (exact) mass is 401 g/mol. The van der Waals surface area contributed by atoms with Crippen molar-refractivity contribution in [3.8, 4) is 11.5 Å². The number of rotatable bonds is 10. The summed E-state index contributed by atoms with van der Waals surface area (Å²) in [6.45, 7) is 10.6. The number of nitrogens with one attached hydrogen (secondary N) is 2. The molecule has 7 heteroatoms. The summed E-state index contributed by atoms with van der Waals surface area (Å²) < 4.78 is 12.9. The maximum absolute atomic E-state index is 5.78. The first kappa shape index (κ1) is 22.6. The number of ether oxygens (including phenoxy) is 2. The molecule has 160 valence electrons. The Morgan fingerprint density at radius 3 is 2.69 bits per heavy atom. The third kappa shape index (κ3) is 7.00. The number of methoxy groups -OCH3 is 1. The lowest BCUT2D eigenvalue weighted by molar-refractivity contribution is 0.311. The molecule has 1 heterocycles. The van der Waals surface area contributed by atoms with E-state index < -0.39 is 0 Å². The largest absolute Gasteiger partial charge is 0.497 e. The Bertz CT molecular complexity index is 800. The van der Waals surface area contributed by atoms with Crippen molar-refractivity contribution in [1.82, 2.24) is 20.4 Å². The summed E-state index contributed by atoms with van der Waals surface area (Å²) in [5, 5.41) is 11.3. The number of hydrogen-bond donors (Lipinski definition) is 2. The molecule has 0 radical (unpaired) electrons. The van der Waals surface area contributed by atoms with Crippen molar-refractivity contribution >= 4 is 5.96 Å². The van der Waals surface area contributed by atoms with Gasteiger partial charge in [0.1, 0.15) is 11.5 Å². The van der Waals surface area contributed by atoms with Gasteiger partial charge >= 0.3 is 0 Å². The van der Waals surface area contributed by atoms with E-state index in [4.69, 9.17) is 9.47 Å². The molecular weight excluding hydrogens is 366 g/mol. The molecule has 0 aliphatic carbocycles. The second-order valence-electron chi connectivity index (χ2n) is 7.16. The fourth-order valence-corrected chi connectivity index (χ4v) is 3.16. The van der Waals surface area contributed by atoms with Gasteiger partial charge in [-0.1, -0.05) is 6.07 Å². The first-order valence-electron chi connectivity index (χ1n) is 10.2. The number of nitrogens with zero attached hydrogens (tertiary/aromatic N) is 3. The molecule has 1 unspecified atom stereocenters. The quantitative estimate of drug-likeness (QED) is 0.364. The second-order valence-corrected chi connectivity index (χ2v) is 7.16. The van der Waals surface area contributed by atoms with E-state index in [1.54, 1.807) is 7.11 Å². The van der Waals surface area contributed by atoms with Crippen LogP contribution in [0, 0.1) is 13.8 Å². The smallest absolute Gasteiger partial charge is 0.191 e. The van der Waals surface area contributed by atoms with Gasteiger partial charge in [-0.05, 0) is 51.8 Å². The van der Waals surface area contributed by atoms with E-state index in [1.807, 2.05) is 36.0 Å². The third-order valence-corrected chi connectivity index (χ3v) is 4.78. The van der Waals surface area contributed by atoms with Crippen LogP contribution in [0.2, 0.25) is 0 Å². The summed E-state index contributed by atoms with van der Waals surface area (Å²) in [6.07, 6.45) is 1.75. The average molecular weight is 402 g/mol. The van der Waals surface area contributed by atoms with Crippen molar-refractivity contribution in [1.29, 1.82) is 0 Å². The summed E-state index contributed by atoms with van der Waals surface area (Å²) in [5.41, 5.74) is 3.61. The molecule has 0 aliphatic heterocycles. The van der Waals surface area contributed by atoms with Crippen molar-refractivity contribution in [3.63, 3.8) is 0 Å². The van der Waals surface area contributed by atoms with Gasteiger partial charge in [-0.3, -0.25) is 9.67 Å². The zero-order valence-corrected chi connectivity index (χ0v) is 18.6. The minimum Gasteiger partial charge on any atom is -0.497 e. The third-order valence-electron chi connectivity index (χ3n) is 4.78. The minimum absolute atomic E-state index is 0.252. The van der Waals surface area contributed by atoms with E-state index in [0.717, 1.165) is 42.5 Å². The van der Waals surface area contributed by atoms with Crippen LogP contribution in [0.25, 0.3) is 0 Å². The average Bonchev–Trinajstić information content (AvgIpc) is 2.94. The highest BCUT2D eigenvalue weighted by atomic mass is 16.5. The number of aliphatic imine (C=N–C) groups is 1. The molecule has 2 N–H and O–H groups in total. The van der Waals surface area contributed by atoms with Crippen molar-refractivity contribution in [2.75, 3.05) is 26.8 Å². The van der Waals surface area contributed by atoms with Crippen molar-refractivity contribution in [2.45, 2.75) is 46.6 Å². The van der Waals surface area contributed by atoms with Gasteiger partial charge < -0.3 is 20.1 Å². The molecule has 0 aliphatic rings. The van der Waals surface area contributed by atoms with Crippen LogP contribution in [-0.4, -0.2) is 48.6 Å². The molecule has 1 atom stereocenters. The molecule has 0 saturated carbocycles. The van der Waals surface area contributed by atoms with Crippen LogP contribution in [0.5, 0.6) is 11.5 Å². The Morgan fingerprint density at radius 1 is 1.28 bits per heavy atom. The summed E-state index contributed by atoms with van der Waals surface area (Å²) in [7, 11) is 3.64. The van der Waals surface area contributed by atoms with E-state index in [2.05, 4.69) is 48.4 Å². The summed E-state index contributed by atoms with van der Waals surface area (Å²) in [5.74, 6) is 2.45. The van der Waals surface area contributed by atoms with Gasteiger partial charge in [-0.25, -0.2) is 0 Å². The number of aryl methyl sites for hydroxylation is 2. The van der Waals surface area contributed by atoms with Gasteiger partial charge in [0.2, 0.25) is 0 Å². The molecule has 0 bridgehead atoms. The molecule has 0 saturated heterocycles. The van der Waals surface area contributed by atoms with E-state index in [0.29, 0.717) is 13.2 Å². The zero-order valence-electron chi connectivity index (χ0n) is 18.6. The molecule has 2 rings (SSSR count). The van der Waals surface area contributed by atoms with Crippen LogP contribution < -0.4 is 20.1 Å². The van der Waals surface area contributed by atoms with Gasteiger partial charge in [0.05, 0.1) is 19.4 Å². The molecule has 1 aromatic carbocycles. The summed E-state index contributed by atoms with van der Waals surface area (Å²) >= 11 is 0. The molecule has 29 heavy (non-hydrogen) atoms. The van der Waals surface area contributed by atoms with Gasteiger partial charge in [-0.2, -0.15) is 5.10 Å². The SMILES string of the molecule is CCNC(=NCCCOc1cccc(OC)c1)NC(C)Cc1c(C)nn(C)c1C. The zero-order chi connectivity index (χ0) is 21.2. The predicted octanol–water partition coefficient (Wildman–Crippen LogP) is 3.00. The Balaban J connectivity index is 1.82. The molecular formula is C22H35N5O2. The van der Waals surface area contributed by atoms with E-state index in [9.17, 15) is 0 Å². The topological polar surface area (TPSA) is 72.7 Å². The maximum atomic E-state index is 5.78. The van der Waals surface area contributed by atoms with Crippen molar-refractivity contribution < 1.29 is 9.47 Å². The Kier molecular flexibility index (Phi) is 8.83. The Labute approximate surface area is 174 Å². The molecule has 0 amide bonds. The number of aromatic nitrogens is 2. The number of hydrogen-bond acceptors (Lipinski definition) is 4. The van der Waals surface area contributed by atoms with Crippen LogP contribution in [0.15, 0.2) is 29.3 Å². The highest BCUT2D eigenvalue weighted by Crippen LogP contribution is 2.18. The van der Waals surface area contributed by atoms with Crippen LogP contribution in [0.4, 0.5) is 0 Å². The van der Waals surface area contributed by atoms with Gasteiger partial charge in [-0.15, -0.1) is 0 Å². The lowest BCUT2D eigenvalue weighted by atomic mass is 10.1. The van der Waals surface area contributed by atoms with E-state index in [1.165, 1.54) is 11.3 Å². The van der Waals surface area contributed by atoms with Crippen LogP contribution in [-0.2, 0) is 13.5 Å². The normalized spacial score (nSPS) is 12.6. The molecule has 0 spiro atoms. The number of guanidine groups is 1. The second kappa shape index (κ2) is 11.3. The summed E-state index contributed by atoms with van der Waals surface area (Å²) in [6, 6.07) is 7.90. The van der Waals surface area contributed by atoms with Crippen molar-refractivity contribution in [2.24, 2.45) is 12.0 Å². The highest BCUT2D eigenvalue weighted by molar-refractivity contribution is 5.80. The van der Waals surface area contributed by atoms with Gasteiger partial charge in [0.15, 0.2) is 5.96 Å². The highest BCUT2D eigenvalue weighted by Gasteiger charge is 2.13. The van der Waals surface area contributed by atoms with E-state index in [-0.39, 0.29) is 6.04 Å². The molecule has 0 fully saturated rings. The number of benzene rings is 1.